The minimum atomic E-state index is 0.323. The molecule has 0 atom stereocenters. The summed E-state index contributed by atoms with van der Waals surface area (Å²) in [6.45, 7) is 2.49. The van der Waals surface area contributed by atoms with Crippen molar-refractivity contribution in [3.8, 4) is 11.3 Å². The summed E-state index contributed by atoms with van der Waals surface area (Å²) >= 11 is 5.88. The minimum Gasteiger partial charge on any atom is -0.452 e. The number of furan rings is 1. The number of halogens is 1. The number of hydrogen-bond acceptors (Lipinski definition) is 5. The van der Waals surface area contributed by atoms with E-state index in [9.17, 15) is 0 Å². The fraction of sp³-hybridized carbons (Fsp3) is 0.462. The second-order valence-electron chi connectivity index (χ2n) is 4.07. The summed E-state index contributed by atoms with van der Waals surface area (Å²) < 4.78 is 15.6. The van der Waals surface area contributed by atoms with Crippen LogP contribution >= 0.6 is 11.6 Å². The van der Waals surface area contributed by atoms with E-state index in [0.717, 1.165) is 38.1 Å². The molecule has 104 valence electrons. The summed E-state index contributed by atoms with van der Waals surface area (Å²) in [5.41, 5.74) is 0.735. The average molecular weight is 285 g/mol. The van der Waals surface area contributed by atoms with Crippen molar-refractivity contribution in [1.82, 2.24) is 10.3 Å². The molecular weight excluding hydrogens is 268 g/mol. The SMILES string of the molecule is COCCNCCCc1ncc(-c2ccoc2Cl)o1. The van der Waals surface area contributed by atoms with Gasteiger partial charge in [0.2, 0.25) is 5.22 Å². The van der Waals surface area contributed by atoms with E-state index in [2.05, 4.69) is 10.3 Å². The summed E-state index contributed by atoms with van der Waals surface area (Å²) in [7, 11) is 1.69. The van der Waals surface area contributed by atoms with E-state index in [4.69, 9.17) is 25.2 Å². The van der Waals surface area contributed by atoms with Gasteiger partial charge in [0.25, 0.3) is 0 Å². The highest BCUT2D eigenvalue weighted by Crippen LogP contribution is 2.29. The Kier molecular flexibility index (Phi) is 5.44. The lowest BCUT2D eigenvalue weighted by Crippen LogP contribution is -2.20. The molecule has 0 unspecified atom stereocenters. The van der Waals surface area contributed by atoms with Gasteiger partial charge < -0.3 is 18.9 Å². The van der Waals surface area contributed by atoms with Crippen LogP contribution in [-0.4, -0.2) is 31.8 Å². The summed E-state index contributed by atoms with van der Waals surface area (Å²) in [6.07, 6.45) is 4.95. The molecule has 2 aromatic heterocycles. The number of nitrogens with one attached hydrogen (secondary N) is 1. The zero-order valence-corrected chi connectivity index (χ0v) is 11.6. The molecule has 0 amide bonds. The predicted molar refractivity (Wildman–Crippen MR) is 72.3 cm³/mol. The third-order valence-electron chi connectivity index (χ3n) is 2.66. The highest BCUT2D eigenvalue weighted by atomic mass is 35.5. The standard InChI is InChI=1S/C13H17ClN2O3/c1-17-8-6-15-5-2-3-12-16-9-11(19-12)10-4-7-18-13(10)14/h4,7,9,15H,2-3,5-6,8H2,1H3. The molecule has 1 N–H and O–H groups in total. The van der Waals surface area contributed by atoms with Gasteiger partial charge in [0.05, 0.1) is 24.6 Å². The van der Waals surface area contributed by atoms with Gasteiger partial charge in [-0.05, 0) is 30.6 Å². The van der Waals surface area contributed by atoms with Crippen molar-refractivity contribution in [1.29, 1.82) is 0 Å². The van der Waals surface area contributed by atoms with Gasteiger partial charge in [-0.15, -0.1) is 0 Å². The van der Waals surface area contributed by atoms with Gasteiger partial charge in [-0.25, -0.2) is 4.98 Å². The van der Waals surface area contributed by atoms with Gasteiger partial charge in [-0.1, -0.05) is 0 Å². The molecule has 0 aliphatic carbocycles. The molecule has 0 spiro atoms. The van der Waals surface area contributed by atoms with Crippen LogP contribution in [0.4, 0.5) is 0 Å². The van der Waals surface area contributed by atoms with Crippen LogP contribution in [0.1, 0.15) is 12.3 Å². The Morgan fingerprint density at radius 3 is 3.05 bits per heavy atom. The van der Waals surface area contributed by atoms with Crippen molar-refractivity contribution < 1.29 is 13.6 Å². The largest absolute Gasteiger partial charge is 0.452 e. The van der Waals surface area contributed by atoms with Crippen LogP contribution in [-0.2, 0) is 11.2 Å². The Morgan fingerprint density at radius 1 is 1.42 bits per heavy atom. The lowest BCUT2D eigenvalue weighted by Gasteiger charge is -2.01. The normalized spacial score (nSPS) is 11.1. The third kappa shape index (κ3) is 4.09. The number of nitrogens with zero attached hydrogens (tertiary/aromatic N) is 1. The summed E-state index contributed by atoms with van der Waals surface area (Å²) in [5, 5.41) is 3.59. The number of aryl methyl sites for hydroxylation is 1. The second kappa shape index (κ2) is 7.33. The van der Waals surface area contributed by atoms with Crippen molar-refractivity contribution in [2.75, 3.05) is 26.8 Å². The van der Waals surface area contributed by atoms with Gasteiger partial charge in [-0.3, -0.25) is 0 Å². The first kappa shape index (κ1) is 14.1. The molecule has 0 saturated carbocycles. The molecule has 0 bridgehead atoms. The maximum Gasteiger partial charge on any atom is 0.204 e. The lowest BCUT2D eigenvalue weighted by molar-refractivity contribution is 0.199. The van der Waals surface area contributed by atoms with Crippen LogP contribution in [0.15, 0.2) is 27.4 Å². The molecule has 0 aliphatic heterocycles. The number of rotatable bonds is 8. The quantitative estimate of drug-likeness (QED) is 0.755. The lowest BCUT2D eigenvalue weighted by atomic mass is 10.3. The van der Waals surface area contributed by atoms with Gasteiger partial charge in [-0.2, -0.15) is 0 Å². The summed E-state index contributed by atoms with van der Waals surface area (Å²) in [4.78, 5) is 4.23. The zero-order chi connectivity index (χ0) is 13.5. The van der Waals surface area contributed by atoms with E-state index in [1.54, 1.807) is 19.4 Å². The molecule has 2 rings (SSSR count). The van der Waals surface area contributed by atoms with Crippen molar-refractivity contribution in [2.24, 2.45) is 0 Å². The Morgan fingerprint density at radius 2 is 2.32 bits per heavy atom. The van der Waals surface area contributed by atoms with E-state index in [-0.39, 0.29) is 0 Å². The van der Waals surface area contributed by atoms with Crippen LogP contribution in [0.5, 0.6) is 0 Å². The van der Waals surface area contributed by atoms with Gasteiger partial charge in [0.1, 0.15) is 0 Å². The number of ether oxygens (including phenoxy) is 1. The van der Waals surface area contributed by atoms with Gasteiger partial charge >= 0.3 is 0 Å². The molecule has 0 aromatic carbocycles. The van der Waals surface area contributed by atoms with E-state index < -0.39 is 0 Å². The number of hydrogen-bond donors (Lipinski definition) is 1. The second-order valence-corrected chi connectivity index (χ2v) is 4.42. The van der Waals surface area contributed by atoms with Crippen molar-refractivity contribution in [3.63, 3.8) is 0 Å². The molecule has 2 aromatic rings. The monoisotopic (exact) mass is 284 g/mol. The topological polar surface area (TPSA) is 60.4 Å². The molecule has 0 fully saturated rings. The number of oxazole rings is 1. The molecule has 19 heavy (non-hydrogen) atoms. The van der Waals surface area contributed by atoms with Gasteiger partial charge in [0, 0.05) is 20.1 Å². The molecule has 5 nitrogen and oxygen atoms in total. The van der Waals surface area contributed by atoms with Crippen molar-refractivity contribution >= 4 is 11.6 Å². The van der Waals surface area contributed by atoms with Crippen LogP contribution < -0.4 is 5.32 Å². The molecule has 0 radical (unpaired) electrons. The van der Waals surface area contributed by atoms with E-state index in [1.165, 1.54) is 6.26 Å². The summed E-state index contributed by atoms with van der Waals surface area (Å²) in [5.74, 6) is 1.35. The molecule has 0 aliphatic rings. The van der Waals surface area contributed by atoms with Crippen molar-refractivity contribution in [2.45, 2.75) is 12.8 Å². The maximum atomic E-state index is 5.88. The summed E-state index contributed by atoms with van der Waals surface area (Å²) in [6, 6.07) is 1.76. The molecule has 0 saturated heterocycles. The Hall–Kier alpha value is -1.30. The van der Waals surface area contributed by atoms with Crippen molar-refractivity contribution in [3.05, 3.63) is 29.6 Å². The van der Waals surface area contributed by atoms with E-state index in [1.807, 2.05) is 0 Å². The van der Waals surface area contributed by atoms with E-state index in [0.29, 0.717) is 16.9 Å². The van der Waals surface area contributed by atoms with Gasteiger partial charge in [0.15, 0.2) is 11.7 Å². The third-order valence-corrected chi connectivity index (χ3v) is 2.96. The first-order valence-corrected chi connectivity index (χ1v) is 6.57. The zero-order valence-electron chi connectivity index (χ0n) is 10.8. The van der Waals surface area contributed by atoms with Crippen LogP contribution in [0.3, 0.4) is 0 Å². The van der Waals surface area contributed by atoms with Crippen LogP contribution in [0.25, 0.3) is 11.3 Å². The highest BCUT2D eigenvalue weighted by molar-refractivity contribution is 6.31. The fourth-order valence-electron chi connectivity index (χ4n) is 1.68. The first-order chi connectivity index (χ1) is 9.31. The molecular formula is C13H17ClN2O3. The Labute approximate surface area is 116 Å². The molecule has 6 heteroatoms. The Balaban J connectivity index is 1.77. The fourth-order valence-corrected chi connectivity index (χ4v) is 1.89. The van der Waals surface area contributed by atoms with E-state index >= 15 is 0 Å². The number of aromatic nitrogens is 1. The van der Waals surface area contributed by atoms with Crippen LogP contribution in [0.2, 0.25) is 5.22 Å². The predicted octanol–water partition coefficient (Wildman–Crippen LogP) is 2.76. The smallest absolute Gasteiger partial charge is 0.204 e. The highest BCUT2D eigenvalue weighted by Gasteiger charge is 2.11. The molecule has 2 heterocycles. The maximum absolute atomic E-state index is 5.88. The number of methoxy groups -OCH3 is 1. The first-order valence-electron chi connectivity index (χ1n) is 6.19. The van der Waals surface area contributed by atoms with Crippen LogP contribution in [0, 0.1) is 0 Å². The minimum absolute atomic E-state index is 0.323. The Bertz CT molecular complexity index is 496. The average Bonchev–Trinajstić information content (AvgIpc) is 3.02.